The summed E-state index contributed by atoms with van der Waals surface area (Å²) in [5.41, 5.74) is 1.22. The van der Waals surface area contributed by atoms with E-state index in [0.29, 0.717) is 35.5 Å². The van der Waals surface area contributed by atoms with E-state index >= 15 is 0 Å². The monoisotopic (exact) mass is 500 g/mol. The molecule has 1 aromatic rings. The van der Waals surface area contributed by atoms with Crippen molar-refractivity contribution in [2.24, 2.45) is 10.3 Å². The highest BCUT2D eigenvalue weighted by molar-refractivity contribution is 7.99. The lowest BCUT2D eigenvalue weighted by atomic mass is 9.88. The Kier molecular flexibility index (Phi) is 9.38. The predicted molar refractivity (Wildman–Crippen MR) is 137 cm³/mol. The number of hydrogen-bond acceptors (Lipinski definition) is 5. The Bertz CT molecular complexity index is 852. The van der Waals surface area contributed by atoms with Gasteiger partial charge in [-0.2, -0.15) is 0 Å². The average molecular weight is 502 g/mol. The number of piperidine rings is 1. The number of carbonyl (C=O) groups is 1. The maximum atomic E-state index is 12.5. The second-order valence-corrected chi connectivity index (χ2v) is 12.2. The van der Waals surface area contributed by atoms with Crippen molar-refractivity contribution in [3.63, 3.8) is 0 Å². The summed E-state index contributed by atoms with van der Waals surface area (Å²) in [6.07, 6.45) is 2.95. The van der Waals surface area contributed by atoms with Gasteiger partial charge in [-0.25, -0.2) is 9.19 Å². The first-order valence-corrected chi connectivity index (χ1v) is 12.3. The molecule has 1 saturated heterocycles. The van der Waals surface area contributed by atoms with Crippen LogP contribution in [0.5, 0.6) is 5.75 Å². The zero-order valence-corrected chi connectivity index (χ0v) is 22.2. The lowest BCUT2D eigenvalue weighted by Crippen LogP contribution is -2.43. The molecule has 0 spiro atoms. The first-order chi connectivity index (χ1) is 14.8. The van der Waals surface area contributed by atoms with Crippen LogP contribution in [0.3, 0.4) is 0 Å². The zero-order chi connectivity index (χ0) is 24.1. The van der Waals surface area contributed by atoms with Gasteiger partial charge in [-0.05, 0) is 72.4 Å². The van der Waals surface area contributed by atoms with Gasteiger partial charge >= 0.3 is 6.09 Å². The van der Waals surface area contributed by atoms with E-state index in [1.54, 1.807) is 17.0 Å². The number of hydrogen-bond donors (Lipinski definition) is 0. The SMILES string of the molecule is C=CCOc1cc(Cl)c(Cl)cc1/C(=N/SC(C)(C)C)C1CCN(C(=O)OC(C)(C)C)CC1. The molecule has 0 aliphatic carbocycles. The third kappa shape index (κ3) is 8.20. The first kappa shape index (κ1) is 26.9. The van der Waals surface area contributed by atoms with Crippen molar-refractivity contribution in [2.75, 3.05) is 19.7 Å². The third-order valence-corrected chi connectivity index (χ3v) is 6.16. The number of nitrogens with zero attached hydrogens (tertiary/aromatic N) is 2. The minimum Gasteiger partial charge on any atom is -0.489 e. The molecule has 1 fully saturated rings. The van der Waals surface area contributed by atoms with Crippen LogP contribution >= 0.6 is 35.1 Å². The second-order valence-electron chi connectivity index (χ2n) is 9.78. The molecule has 0 atom stereocenters. The Balaban J connectivity index is 2.33. The fraction of sp³-hybridized carbons (Fsp3) is 0.583. The van der Waals surface area contributed by atoms with Gasteiger partial charge in [-0.15, -0.1) is 0 Å². The summed E-state index contributed by atoms with van der Waals surface area (Å²) in [6, 6.07) is 3.56. The summed E-state index contributed by atoms with van der Waals surface area (Å²) in [4.78, 5) is 14.2. The summed E-state index contributed by atoms with van der Waals surface area (Å²) in [5.74, 6) is 0.772. The molecular weight excluding hydrogens is 467 g/mol. The van der Waals surface area contributed by atoms with Gasteiger partial charge in [0.15, 0.2) is 0 Å². The topological polar surface area (TPSA) is 51.1 Å². The van der Waals surface area contributed by atoms with Gasteiger partial charge in [0.25, 0.3) is 0 Å². The number of benzene rings is 1. The van der Waals surface area contributed by atoms with Crippen molar-refractivity contribution >= 4 is 47.0 Å². The zero-order valence-electron chi connectivity index (χ0n) is 19.8. The van der Waals surface area contributed by atoms with E-state index in [9.17, 15) is 4.79 Å². The molecule has 5 nitrogen and oxygen atoms in total. The summed E-state index contributed by atoms with van der Waals surface area (Å²) in [5, 5.41) is 0.879. The fourth-order valence-electron chi connectivity index (χ4n) is 3.19. The molecule has 0 aromatic heterocycles. The molecule has 178 valence electrons. The van der Waals surface area contributed by atoms with Crippen LogP contribution in [0.1, 0.15) is 59.9 Å². The van der Waals surface area contributed by atoms with E-state index in [-0.39, 0.29) is 16.8 Å². The molecule has 1 heterocycles. The van der Waals surface area contributed by atoms with Gasteiger partial charge in [0.05, 0.1) is 15.8 Å². The van der Waals surface area contributed by atoms with Gasteiger partial charge in [-0.3, -0.25) is 0 Å². The van der Waals surface area contributed by atoms with Gasteiger partial charge in [0, 0.05) is 35.4 Å². The predicted octanol–water partition coefficient (Wildman–Crippen LogP) is 7.44. The quantitative estimate of drug-likeness (QED) is 0.231. The van der Waals surface area contributed by atoms with Gasteiger partial charge < -0.3 is 14.4 Å². The van der Waals surface area contributed by atoms with Crippen LogP contribution in [0.2, 0.25) is 10.0 Å². The van der Waals surface area contributed by atoms with Gasteiger partial charge in [0.1, 0.15) is 18.0 Å². The van der Waals surface area contributed by atoms with Crippen molar-refractivity contribution in [1.29, 1.82) is 0 Å². The number of amides is 1. The van der Waals surface area contributed by atoms with E-state index in [2.05, 4.69) is 27.4 Å². The van der Waals surface area contributed by atoms with Crippen LogP contribution < -0.4 is 4.74 Å². The molecule has 0 saturated carbocycles. The molecule has 0 N–H and O–H groups in total. The summed E-state index contributed by atoms with van der Waals surface area (Å²) >= 11 is 14.2. The van der Waals surface area contributed by atoms with E-state index in [1.807, 2.05) is 26.8 Å². The molecule has 1 amide bonds. The Morgan fingerprint density at radius 2 is 1.78 bits per heavy atom. The average Bonchev–Trinajstić information content (AvgIpc) is 2.67. The van der Waals surface area contributed by atoms with E-state index < -0.39 is 5.60 Å². The van der Waals surface area contributed by atoms with Crippen molar-refractivity contribution in [3.8, 4) is 5.75 Å². The standard InChI is InChI=1S/C24H34Cl2N2O3S/c1-8-13-30-20-15-19(26)18(25)14-17(20)21(27-32-24(5,6)7)16-9-11-28(12-10-16)22(29)31-23(2,3)4/h8,14-16H,1,9-13H2,2-7H3/b27-21+. The highest BCUT2D eigenvalue weighted by Gasteiger charge is 2.31. The van der Waals surface area contributed by atoms with Crippen molar-refractivity contribution in [1.82, 2.24) is 4.90 Å². The molecule has 1 aromatic carbocycles. The summed E-state index contributed by atoms with van der Waals surface area (Å²) in [7, 11) is 0. The highest BCUT2D eigenvalue weighted by Crippen LogP contribution is 2.37. The maximum Gasteiger partial charge on any atom is 0.410 e. The molecule has 1 aliphatic heterocycles. The molecule has 0 bridgehead atoms. The Morgan fingerprint density at radius 3 is 2.31 bits per heavy atom. The Labute approximate surface area is 206 Å². The first-order valence-electron chi connectivity index (χ1n) is 10.8. The van der Waals surface area contributed by atoms with Gasteiger partial charge in [0.2, 0.25) is 0 Å². The lowest BCUT2D eigenvalue weighted by molar-refractivity contribution is 0.0202. The highest BCUT2D eigenvalue weighted by atomic mass is 35.5. The maximum absolute atomic E-state index is 12.5. The molecule has 1 aliphatic rings. The second kappa shape index (κ2) is 11.2. The fourth-order valence-corrected chi connectivity index (χ4v) is 4.13. The Morgan fingerprint density at radius 1 is 1.19 bits per heavy atom. The van der Waals surface area contributed by atoms with Crippen LogP contribution in [0, 0.1) is 5.92 Å². The largest absolute Gasteiger partial charge is 0.489 e. The minimum absolute atomic E-state index is 0.0547. The van der Waals surface area contributed by atoms with E-state index in [4.69, 9.17) is 37.1 Å². The van der Waals surface area contributed by atoms with E-state index in [0.717, 1.165) is 24.1 Å². The molecular formula is C24H34Cl2N2O3S. The third-order valence-electron chi connectivity index (χ3n) is 4.61. The molecule has 0 unspecified atom stereocenters. The normalized spacial score (nSPS) is 16.1. The van der Waals surface area contributed by atoms with Crippen LogP contribution in [0.15, 0.2) is 29.2 Å². The molecule has 2 rings (SSSR count). The van der Waals surface area contributed by atoms with Crippen LogP contribution in [0.4, 0.5) is 4.79 Å². The number of rotatable bonds is 6. The van der Waals surface area contributed by atoms with Crippen LogP contribution in [0.25, 0.3) is 0 Å². The summed E-state index contributed by atoms with van der Waals surface area (Å²) in [6.45, 7) is 17.3. The van der Waals surface area contributed by atoms with Crippen molar-refractivity contribution < 1.29 is 14.3 Å². The van der Waals surface area contributed by atoms with E-state index in [1.165, 1.54) is 11.9 Å². The number of likely N-dealkylation sites (tertiary alicyclic amines) is 1. The smallest absolute Gasteiger partial charge is 0.410 e. The Hall–Kier alpha value is -1.37. The number of halogens is 2. The number of carbonyl (C=O) groups excluding carboxylic acids is 1. The van der Waals surface area contributed by atoms with Crippen LogP contribution in [-0.4, -0.2) is 46.7 Å². The molecule has 8 heteroatoms. The van der Waals surface area contributed by atoms with Crippen molar-refractivity contribution in [2.45, 2.75) is 64.7 Å². The lowest BCUT2D eigenvalue weighted by Gasteiger charge is -2.34. The minimum atomic E-state index is -0.513. The summed E-state index contributed by atoms with van der Waals surface area (Å²) < 4.78 is 16.3. The number of ether oxygens (including phenoxy) is 2. The van der Waals surface area contributed by atoms with Gasteiger partial charge in [-0.1, -0.05) is 35.9 Å². The van der Waals surface area contributed by atoms with Crippen molar-refractivity contribution in [3.05, 3.63) is 40.4 Å². The molecule has 0 radical (unpaired) electrons. The molecule has 32 heavy (non-hydrogen) atoms. The van der Waals surface area contributed by atoms with Crippen LogP contribution in [-0.2, 0) is 4.74 Å².